The summed E-state index contributed by atoms with van der Waals surface area (Å²) in [5.74, 6) is -0.166. The summed E-state index contributed by atoms with van der Waals surface area (Å²) in [4.78, 5) is 24.5. The first kappa shape index (κ1) is 16.4. The molecule has 0 saturated heterocycles. The van der Waals surface area contributed by atoms with Gasteiger partial charge in [0.2, 0.25) is 5.91 Å². The molecule has 0 radical (unpaired) electrons. The van der Waals surface area contributed by atoms with Crippen LogP contribution in [-0.4, -0.2) is 20.9 Å². The topological polar surface area (TPSA) is 70.7 Å². The van der Waals surface area contributed by atoms with Crippen molar-refractivity contribution in [3.05, 3.63) is 64.7 Å². The maximum absolute atomic E-state index is 13.0. The van der Waals surface area contributed by atoms with E-state index in [1.807, 2.05) is 23.6 Å². The number of fused-ring (bicyclic) bond motifs is 1. The second-order valence-corrected chi connectivity index (χ2v) is 6.67. The Morgan fingerprint density at radius 2 is 2.04 bits per heavy atom. The van der Waals surface area contributed by atoms with Crippen molar-refractivity contribution in [3.8, 4) is 11.5 Å². The number of thiazole rings is 1. The summed E-state index contributed by atoms with van der Waals surface area (Å²) in [5.41, 5.74) is 5.60. The SMILES string of the molecule is CC(C(=O)Nc1ccc2nc(-c3cscn3)[nH]c2c1)c1ccc(F)cc1. The lowest BCUT2D eigenvalue weighted by atomic mass is 10.0. The van der Waals surface area contributed by atoms with Crippen molar-refractivity contribution in [3.63, 3.8) is 0 Å². The molecule has 1 atom stereocenters. The number of rotatable bonds is 4. The van der Waals surface area contributed by atoms with Crippen molar-refractivity contribution in [2.45, 2.75) is 12.8 Å². The smallest absolute Gasteiger partial charge is 0.231 e. The number of amides is 1. The summed E-state index contributed by atoms with van der Waals surface area (Å²) >= 11 is 1.51. The van der Waals surface area contributed by atoms with E-state index >= 15 is 0 Å². The number of nitrogens with one attached hydrogen (secondary N) is 2. The number of hydrogen-bond acceptors (Lipinski definition) is 4. The summed E-state index contributed by atoms with van der Waals surface area (Å²) < 4.78 is 13.0. The predicted octanol–water partition coefficient (Wildman–Crippen LogP) is 4.57. The van der Waals surface area contributed by atoms with Crippen LogP contribution in [0.15, 0.2) is 53.4 Å². The fourth-order valence-corrected chi connectivity index (χ4v) is 3.23. The van der Waals surface area contributed by atoms with E-state index in [2.05, 4.69) is 20.3 Å². The molecule has 2 aromatic heterocycles. The predicted molar refractivity (Wildman–Crippen MR) is 101 cm³/mol. The van der Waals surface area contributed by atoms with Crippen molar-refractivity contribution >= 4 is 34.0 Å². The van der Waals surface area contributed by atoms with Crippen LogP contribution < -0.4 is 5.32 Å². The van der Waals surface area contributed by atoms with Crippen LogP contribution >= 0.6 is 11.3 Å². The number of aromatic nitrogens is 3. The molecular weight excluding hydrogens is 351 g/mol. The molecule has 2 heterocycles. The highest BCUT2D eigenvalue weighted by Crippen LogP contribution is 2.24. The molecule has 7 heteroatoms. The third-order valence-corrected chi connectivity index (χ3v) is 4.77. The highest BCUT2D eigenvalue weighted by Gasteiger charge is 2.16. The Balaban J connectivity index is 1.55. The second kappa shape index (κ2) is 6.68. The van der Waals surface area contributed by atoms with Gasteiger partial charge in [-0.15, -0.1) is 11.3 Å². The van der Waals surface area contributed by atoms with Crippen molar-refractivity contribution < 1.29 is 9.18 Å². The van der Waals surface area contributed by atoms with Gasteiger partial charge in [0, 0.05) is 11.1 Å². The first-order valence-electron chi connectivity index (χ1n) is 8.05. The van der Waals surface area contributed by atoms with Crippen molar-refractivity contribution in [2.24, 2.45) is 0 Å². The Morgan fingerprint density at radius 1 is 1.23 bits per heavy atom. The minimum absolute atomic E-state index is 0.157. The van der Waals surface area contributed by atoms with Crippen molar-refractivity contribution in [1.29, 1.82) is 0 Å². The van der Waals surface area contributed by atoms with Gasteiger partial charge < -0.3 is 10.3 Å². The molecule has 5 nitrogen and oxygen atoms in total. The van der Waals surface area contributed by atoms with E-state index in [9.17, 15) is 9.18 Å². The lowest BCUT2D eigenvalue weighted by molar-refractivity contribution is -0.117. The number of carbonyl (C=O) groups is 1. The minimum atomic E-state index is -0.390. The van der Waals surface area contributed by atoms with E-state index in [0.717, 1.165) is 22.3 Å². The Hall–Kier alpha value is -3.06. The van der Waals surface area contributed by atoms with Gasteiger partial charge in [-0.3, -0.25) is 4.79 Å². The van der Waals surface area contributed by atoms with Crippen LogP contribution in [0.2, 0.25) is 0 Å². The van der Waals surface area contributed by atoms with Gasteiger partial charge in [0.15, 0.2) is 5.82 Å². The van der Waals surface area contributed by atoms with E-state index in [-0.39, 0.29) is 11.7 Å². The number of H-pyrrole nitrogens is 1. The van der Waals surface area contributed by atoms with Gasteiger partial charge in [0.1, 0.15) is 11.5 Å². The van der Waals surface area contributed by atoms with Crippen LogP contribution in [0.5, 0.6) is 0 Å². The Kier molecular flexibility index (Phi) is 4.22. The average Bonchev–Trinajstić information content (AvgIpc) is 3.30. The molecule has 0 bridgehead atoms. The zero-order valence-electron chi connectivity index (χ0n) is 13.9. The van der Waals surface area contributed by atoms with Gasteiger partial charge in [-0.1, -0.05) is 12.1 Å². The normalized spacial score (nSPS) is 12.2. The van der Waals surface area contributed by atoms with Crippen LogP contribution in [0.4, 0.5) is 10.1 Å². The lowest BCUT2D eigenvalue weighted by Gasteiger charge is -2.12. The number of hydrogen-bond donors (Lipinski definition) is 2. The van der Waals surface area contributed by atoms with Crippen molar-refractivity contribution in [2.75, 3.05) is 5.32 Å². The number of nitrogens with zero attached hydrogens (tertiary/aromatic N) is 2. The summed E-state index contributed by atoms with van der Waals surface area (Å²) in [6.45, 7) is 1.79. The monoisotopic (exact) mass is 366 g/mol. The third-order valence-electron chi connectivity index (χ3n) is 4.19. The molecule has 0 fully saturated rings. The van der Waals surface area contributed by atoms with Crippen molar-refractivity contribution in [1.82, 2.24) is 15.0 Å². The molecule has 0 saturated carbocycles. The van der Waals surface area contributed by atoms with Crippen LogP contribution in [-0.2, 0) is 4.79 Å². The Labute approximate surface area is 152 Å². The number of carbonyl (C=O) groups excluding carboxylic acids is 1. The van der Waals surface area contributed by atoms with Crippen LogP contribution in [0.1, 0.15) is 18.4 Å². The summed E-state index contributed by atoms with van der Waals surface area (Å²) in [6.07, 6.45) is 0. The zero-order chi connectivity index (χ0) is 18.1. The molecular formula is C19H15FN4OS. The van der Waals surface area contributed by atoms with Crippen LogP contribution in [0.25, 0.3) is 22.6 Å². The Morgan fingerprint density at radius 3 is 2.77 bits per heavy atom. The van der Waals surface area contributed by atoms with E-state index in [4.69, 9.17) is 0 Å². The van der Waals surface area contributed by atoms with E-state index in [1.54, 1.807) is 24.6 Å². The van der Waals surface area contributed by atoms with Gasteiger partial charge in [-0.2, -0.15) is 0 Å². The fourth-order valence-electron chi connectivity index (χ4n) is 2.69. The molecule has 0 aliphatic heterocycles. The third kappa shape index (κ3) is 3.21. The lowest BCUT2D eigenvalue weighted by Crippen LogP contribution is -2.18. The Bertz CT molecular complexity index is 1060. The summed E-state index contributed by atoms with van der Waals surface area (Å²) in [5, 5.41) is 4.82. The van der Waals surface area contributed by atoms with Gasteiger partial charge in [-0.25, -0.2) is 14.4 Å². The van der Waals surface area contributed by atoms with Gasteiger partial charge in [0.25, 0.3) is 0 Å². The number of halogens is 1. The molecule has 4 aromatic rings. The highest BCUT2D eigenvalue weighted by atomic mass is 32.1. The molecule has 0 spiro atoms. The first-order chi connectivity index (χ1) is 12.6. The second-order valence-electron chi connectivity index (χ2n) is 5.95. The number of anilines is 1. The maximum atomic E-state index is 13.0. The largest absolute Gasteiger partial charge is 0.337 e. The highest BCUT2D eigenvalue weighted by molar-refractivity contribution is 7.07. The maximum Gasteiger partial charge on any atom is 0.231 e. The van der Waals surface area contributed by atoms with Gasteiger partial charge >= 0.3 is 0 Å². The van der Waals surface area contributed by atoms with E-state index in [1.165, 1.54) is 23.5 Å². The van der Waals surface area contributed by atoms with Gasteiger partial charge in [-0.05, 0) is 42.8 Å². The first-order valence-corrected chi connectivity index (χ1v) is 8.99. The van der Waals surface area contributed by atoms with Crippen LogP contribution in [0.3, 0.4) is 0 Å². The quantitative estimate of drug-likeness (QED) is 0.556. The summed E-state index contributed by atoms with van der Waals surface area (Å²) in [7, 11) is 0. The zero-order valence-corrected chi connectivity index (χ0v) is 14.7. The standard InChI is InChI=1S/C19H15FN4OS/c1-11(12-2-4-13(20)5-3-12)19(25)22-14-6-7-15-16(8-14)24-18(23-15)17-9-26-10-21-17/h2-11H,1H3,(H,22,25)(H,23,24). The molecule has 0 aliphatic rings. The average molecular weight is 366 g/mol. The van der Waals surface area contributed by atoms with Gasteiger partial charge in [0.05, 0.1) is 22.5 Å². The number of benzene rings is 2. The summed E-state index contributed by atoms with van der Waals surface area (Å²) in [6, 6.07) is 11.5. The molecule has 1 amide bonds. The molecule has 2 N–H and O–H groups in total. The molecule has 4 rings (SSSR count). The van der Waals surface area contributed by atoms with Crippen LogP contribution in [0, 0.1) is 5.82 Å². The molecule has 2 aromatic carbocycles. The van der Waals surface area contributed by atoms with E-state index in [0.29, 0.717) is 11.5 Å². The number of aromatic amines is 1. The molecule has 1 unspecified atom stereocenters. The fraction of sp³-hybridized carbons (Fsp3) is 0.105. The molecule has 130 valence electrons. The molecule has 26 heavy (non-hydrogen) atoms. The number of imidazole rings is 1. The van der Waals surface area contributed by atoms with E-state index < -0.39 is 5.92 Å². The minimum Gasteiger partial charge on any atom is -0.337 e. The molecule has 0 aliphatic carbocycles.